The molecule has 0 saturated heterocycles. The van der Waals surface area contributed by atoms with E-state index in [0.29, 0.717) is 33.7 Å². The lowest BCUT2D eigenvalue weighted by atomic mass is 10.2. The van der Waals surface area contributed by atoms with Crippen LogP contribution in [0, 0.1) is 63.4 Å². The summed E-state index contributed by atoms with van der Waals surface area (Å²) in [5.74, 6) is -10.1. The van der Waals surface area contributed by atoms with Crippen LogP contribution in [-0.4, -0.2) is 101 Å². The molecular formula is C80H63ClF7N15O13S4. The van der Waals surface area contributed by atoms with Crippen molar-refractivity contribution in [3.63, 3.8) is 0 Å². The van der Waals surface area contributed by atoms with Crippen molar-refractivity contribution in [1.82, 2.24) is 24.9 Å². The number of anilines is 8. The first kappa shape index (κ1) is 89.7. The molecule has 28 nitrogen and oxygen atoms in total. The number of halogens is 8. The number of benzene rings is 7. The fourth-order valence-electron chi connectivity index (χ4n) is 10.0. The fraction of sp³-hybridized carbons (Fsp3) is 0.0875. The van der Waals surface area contributed by atoms with Crippen LogP contribution in [0.1, 0.15) is 74.9 Å². The van der Waals surface area contributed by atoms with E-state index in [-0.39, 0.29) is 109 Å². The van der Waals surface area contributed by atoms with Crippen molar-refractivity contribution in [1.29, 1.82) is 10.5 Å². The van der Waals surface area contributed by atoms with Crippen LogP contribution >= 0.6 is 11.6 Å². The molecule has 0 spiro atoms. The van der Waals surface area contributed by atoms with E-state index in [2.05, 4.69) is 65.1 Å². The third-order valence-corrected chi connectivity index (χ3v) is 21.2. The summed E-state index contributed by atoms with van der Waals surface area (Å²) in [5, 5.41) is 27.2. The number of aryl methyl sites for hydroxylation is 2. The van der Waals surface area contributed by atoms with Gasteiger partial charge in [-0.25, -0.2) is 84.3 Å². The number of rotatable bonds is 27. The van der Waals surface area contributed by atoms with Gasteiger partial charge >= 0.3 is 0 Å². The van der Waals surface area contributed by atoms with Gasteiger partial charge in [0.05, 0.1) is 58.4 Å². The molecule has 0 bridgehead atoms. The summed E-state index contributed by atoms with van der Waals surface area (Å²) in [5.41, 5.74) is 4.06. The molecule has 0 unspecified atom stereocenters. The minimum atomic E-state index is -3.84. The Kier molecular flexibility index (Phi) is 31.0. The van der Waals surface area contributed by atoms with E-state index in [4.69, 9.17) is 26.9 Å². The molecule has 12 rings (SSSR count). The normalized spacial score (nSPS) is 11.0. The van der Waals surface area contributed by atoms with Crippen molar-refractivity contribution >= 4 is 121 Å². The molecular weight excluding hydrogens is 1680 g/mol. The number of pyridine rings is 5. The summed E-state index contributed by atoms with van der Waals surface area (Å²) in [6, 6.07) is 51.3. The number of nitrogens with one attached hydrogen (secondary N) is 8. The van der Waals surface area contributed by atoms with E-state index < -0.39 is 104 Å². The standard InChI is InChI=1S/C21H19F2N3O4S.C20H14ClFN4O3S.C20H14F2N4O3S.C19H16F2N4O3S/c1-30-17-5-2-14(3-6-17)9-11-31(28,29)26-20-12-15(8-10-24-20)21(27)25-16-4-7-18(22)19(23)13-16;21-17-10-16(5-6-18(17)22)25-20(27)15-7-8-24-19(9-15)26-30(28,29)12-14-3-1-13(11-23)2-4-14;21-17-6-5-16(10-18(17)22)25-20(27)15-7-8-24-19(9-15)26-30(28,29)12-14-3-1-13(11-23)2-4-14;20-16-5-4-15(12-17(16)21)24-19(26)13-6-9-23-18(11-13)25-29(27,28)10-7-14-3-1-2-8-22-14/h2-8,10,12-13H,9,11H2,1H3,(H,24,26)(H,25,27);2*1-10H,12H2,(H,24,26)(H,25,27);1-6,8-9,11-12H,7,10H2,(H,23,25)(H,24,26). The molecule has 616 valence electrons. The van der Waals surface area contributed by atoms with Gasteiger partial charge in [0.25, 0.3) is 23.6 Å². The Morgan fingerprint density at radius 1 is 0.358 bits per heavy atom. The number of hydrogen-bond acceptors (Lipinski definition) is 20. The second-order valence-electron chi connectivity index (χ2n) is 24.9. The first-order valence-electron chi connectivity index (χ1n) is 34.5. The van der Waals surface area contributed by atoms with Crippen molar-refractivity contribution in [2.75, 3.05) is 58.8 Å². The number of aromatic nitrogens is 5. The molecule has 5 heterocycles. The largest absolute Gasteiger partial charge is 0.497 e. The van der Waals surface area contributed by atoms with Gasteiger partial charge in [0.1, 0.15) is 34.8 Å². The average Bonchev–Trinajstić information content (AvgIpc) is 0.849. The highest BCUT2D eigenvalue weighted by atomic mass is 35.5. The van der Waals surface area contributed by atoms with Crippen molar-refractivity contribution < 1.29 is 88.3 Å². The zero-order valence-electron chi connectivity index (χ0n) is 61.9. The van der Waals surface area contributed by atoms with Gasteiger partial charge in [0.15, 0.2) is 34.9 Å². The van der Waals surface area contributed by atoms with Gasteiger partial charge in [0, 0.05) is 106 Å². The van der Waals surface area contributed by atoms with E-state index in [1.54, 1.807) is 67.9 Å². The number of ether oxygens (including phenoxy) is 1. The number of methoxy groups -OCH3 is 1. The molecule has 0 fully saturated rings. The first-order valence-corrected chi connectivity index (χ1v) is 41.5. The van der Waals surface area contributed by atoms with Gasteiger partial charge in [-0.05, 0) is 175 Å². The molecule has 0 aliphatic heterocycles. The minimum absolute atomic E-state index is 0.0339. The predicted octanol–water partition coefficient (Wildman–Crippen LogP) is 14.0. The maximum Gasteiger partial charge on any atom is 0.255 e. The van der Waals surface area contributed by atoms with E-state index in [1.807, 2.05) is 12.1 Å². The van der Waals surface area contributed by atoms with Crippen LogP contribution in [0.5, 0.6) is 5.75 Å². The van der Waals surface area contributed by atoms with E-state index >= 15 is 0 Å². The summed E-state index contributed by atoms with van der Waals surface area (Å²) in [6.45, 7) is 0. The number of nitriles is 2. The highest BCUT2D eigenvalue weighted by Crippen LogP contribution is 2.25. The van der Waals surface area contributed by atoms with E-state index in [9.17, 15) is 83.6 Å². The predicted molar refractivity (Wildman–Crippen MR) is 434 cm³/mol. The molecule has 0 atom stereocenters. The summed E-state index contributed by atoms with van der Waals surface area (Å²) < 4.78 is 205. The van der Waals surface area contributed by atoms with Gasteiger partial charge in [-0.3, -0.25) is 43.1 Å². The fourth-order valence-corrected chi connectivity index (χ4v) is 14.5. The summed E-state index contributed by atoms with van der Waals surface area (Å²) in [6.07, 6.45) is 7.11. The van der Waals surface area contributed by atoms with Crippen molar-refractivity contribution in [3.8, 4) is 17.9 Å². The van der Waals surface area contributed by atoms with Crippen LogP contribution in [0.2, 0.25) is 5.02 Å². The Morgan fingerprint density at radius 2 is 0.683 bits per heavy atom. The van der Waals surface area contributed by atoms with Crippen molar-refractivity contribution in [2.24, 2.45) is 0 Å². The monoisotopic (exact) mass is 1740 g/mol. The maximum atomic E-state index is 13.3. The van der Waals surface area contributed by atoms with Crippen LogP contribution in [0.3, 0.4) is 0 Å². The molecule has 4 amide bonds. The van der Waals surface area contributed by atoms with Gasteiger partial charge in [-0.2, -0.15) is 10.5 Å². The minimum Gasteiger partial charge on any atom is -0.497 e. The lowest BCUT2D eigenvalue weighted by molar-refractivity contribution is 0.101. The summed E-state index contributed by atoms with van der Waals surface area (Å²) in [4.78, 5) is 69.1. The Hall–Kier alpha value is -14.3. The zero-order chi connectivity index (χ0) is 86.7. The molecule has 8 N–H and O–H groups in total. The topological polar surface area (TPSA) is 422 Å². The van der Waals surface area contributed by atoms with Crippen molar-refractivity contribution in [3.05, 3.63) is 345 Å². The quantitative estimate of drug-likeness (QED) is 0.0222. The average molecular weight is 1740 g/mol. The van der Waals surface area contributed by atoms with Crippen LogP contribution < -0.4 is 44.9 Å². The lowest BCUT2D eigenvalue weighted by Gasteiger charge is -2.10. The molecule has 0 aliphatic carbocycles. The molecule has 0 radical (unpaired) electrons. The van der Waals surface area contributed by atoms with Gasteiger partial charge in [0.2, 0.25) is 40.1 Å². The van der Waals surface area contributed by atoms with E-state index in [0.717, 1.165) is 48.0 Å². The van der Waals surface area contributed by atoms with Gasteiger partial charge in [-0.1, -0.05) is 54.1 Å². The lowest BCUT2D eigenvalue weighted by Crippen LogP contribution is -2.20. The SMILES string of the molecule is COc1ccc(CCS(=O)(=O)Nc2cc(C(=O)Nc3ccc(F)c(F)c3)ccn2)cc1.N#Cc1ccc(CS(=O)(=O)Nc2cc(C(=O)Nc3ccc(F)c(Cl)c3)ccn2)cc1.N#Cc1ccc(CS(=O)(=O)Nc2cc(C(=O)Nc3ccc(F)c(F)c3)ccn2)cc1.O=C(Nc1ccc(F)c(F)c1)c1ccnc(NS(=O)(=O)CCc2ccccn2)c1. The molecule has 40 heteroatoms. The number of nitrogens with zero attached hydrogens (tertiary/aromatic N) is 7. The van der Waals surface area contributed by atoms with Crippen LogP contribution in [0.25, 0.3) is 0 Å². The van der Waals surface area contributed by atoms with Gasteiger partial charge in [-0.15, -0.1) is 0 Å². The Labute approximate surface area is 686 Å². The van der Waals surface area contributed by atoms with Crippen LogP contribution in [-0.2, 0) is 64.4 Å². The highest BCUT2D eigenvalue weighted by molar-refractivity contribution is 7.93. The second-order valence-corrected chi connectivity index (χ2v) is 32.4. The third kappa shape index (κ3) is 28.6. The summed E-state index contributed by atoms with van der Waals surface area (Å²) in [7, 11) is -13.5. The molecule has 5 aromatic heterocycles. The Bertz CT molecular complexity index is 6120. The number of sulfonamides is 4. The smallest absolute Gasteiger partial charge is 0.255 e. The van der Waals surface area contributed by atoms with Gasteiger partial charge < -0.3 is 26.0 Å². The number of carbonyl (C=O) groups excluding carboxylic acids is 4. The zero-order valence-corrected chi connectivity index (χ0v) is 66.0. The molecule has 120 heavy (non-hydrogen) atoms. The molecule has 12 aromatic rings. The Morgan fingerprint density at radius 3 is 1.00 bits per heavy atom. The first-order chi connectivity index (χ1) is 57.1. The maximum absolute atomic E-state index is 13.3. The molecule has 0 saturated carbocycles. The number of carbonyl (C=O) groups is 4. The van der Waals surface area contributed by atoms with Crippen LogP contribution in [0.15, 0.2) is 243 Å². The van der Waals surface area contributed by atoms with E-state index in [1.165, 1.54) is 140 Å². The Balaban J connectivity index is 0.000000182. The number of amides is 4. The third-order valence-electron chi connectivity index (χ3n) is 15.9. The highest BCUT2D eigenvalue weighted by Gasteiger charge is 2.21. The second kappa shape index (κ2) is 41.5. The van der Waals surface area contributed by atoms with Crippen molar-refractivity contribution in [2.45, 2.75) is 24.3 Å². The molecule has 0 aliphatic rings. The summed E-state index contributed by atoms with van der Waals surface area (Å²) >= 11 is 5.70. The molecule has 7 aromatic carbocycles. The van der Waals surface area contributed by atoms with Crippen LogP contribution in [0.4, 0.5) is 76.8 Å². The number of hydrogen-bond donors (Lipinski definition) is 8.